The molecule has 0 saturated heterocycles. The molecule has 1 fully saturated rings. The van der Waals surface area contributed by atoms with E-state index in [1.54, 1.807) is 12.3 Å². The smallest absolute Gasteiger partial charge is 0.354 e. The zero-order valence-electron chi connectivity index (χ0n) is 13.6. The van der Waals surface area contributed by atoms with Crippen molar-refractivity contribution in [3.63, 3.8) is 0 Å². The average Bonchev–Trinajstić information content (AvgIpc) is 2.92. The highest BCUT2D eigenvalue weighted by Gasteiger charge is 2.28. The van der Waals surface area contributed by atoms with Crippen LogP contribution in [0.1, 0.15) is 24.0 Å². The second-order valence-electron chi connectivity index (χ2n) is 7.07. The number of rotatable bonds is 4. The molecule has 126 valence electrons. The van der Waals surface area contributed by atoms with Gasteiger partial charge in [0.15, 0.2) is 0 Å². The third-order valence-electron chi connectivity index (χ3n) is 5.19. The first-order valence-corrected chi connectivity index (χ1v) is 8.55. The first kappa shape index (κ1) is 15.4. The second kappa shape index (κ2) is 6.03. The summed E-state index contributed by atoms with van der Waals surface area (Å²) in [7, 11) is 0. The van der Waals surface area contributed by atoms with E-state index in [1.807, 2.05) is 6.07 Å². The minimum Gasteiger partial charge on any atom is -0.383 e. The summed E-state index contributed by atoms with van der Waals surface area (Å²) in [6, 6.07) is 8.72. The maximum absolute atomic E-state index is 12.0. The molecule has 1 saturated carbocycles. The number of anilines is 1. The number of nitrogens with two attached hydrogens (primary N) is 2. The molecule has 0 bridgehead atoms. The maximum atomic E-state index is 12.0. The summed E-state index contributed by atoms with van der Waals surface area (Å²) in [5, 5.41) is 3.68. The quantitative estimate of drug-likeness (QED) is 0.765. The van der Waals surface area contributed by atoms with Crippen LogP contribution < -0.4 is 22.5 Å². The molecule has 1 unspecified atom stereocenters. The summed E-state index contributed by atoms with van der Waals surface area (Å²) in [6.45, 7) is 1.06. The molecule has 0 radical (unpaired) electrons. The summed E-state index contributed by atoms with van der Waals surface area (Å²) in [6.07, 6.45) is 6.01. The number of nitrogens with zero attached hydrogens (tertiary/aromatic N) is 2. The number of nitrogen functional groups attached to an aromatic ring is 1. The third kappa shape index (κ3) is 2.95. The van der Waals surface area contributed by atoms with Gasteiger partial charge in [-0.15, -0.1) is 0 Å². The lowest BCUT2D eigenvalue weighted by atomic mass is 9.81. The molecule has 6 nitrogen and oxygen atoms in total. The predicted octanol–water partition coefficient (Wildman–Crippen LogP) is 0.609. The van der Waals surface area contributed by atoms with Crippen LogP contribution >= 0.6 is 0 Å². The molecule has 1 heterocycles. The van der Waals surface area contributed by atoms with Crippen molar-refractivity contribution in [2.45, 2.75) is 37.8 Å². The highest BCUT2D eigenvalue weighted by molar-refractivity contribution is 5.44. The Morgan fingerprint density at radius 1 is 1.21 bits per heavy atom. The van der Waals surface area contributed by atoms with E-state index in [-0.39, 0.29) is 11.5 Å². The SMILES string of the molecule is Nc1ccn(-c2ccc3c(c2)CC(NC[C@H]2C[C@H](N)C2)C3)c(=O)n1. The van der Waals surface area contributed by atoms with E-state index in [4.69, 9.17) is 11.5 Å². The van der Waals surface area contributed by atoms with Crippen molar-refractivity contribution in [3.05, 3.63) is 52.1 Å². The number of aromatic nitrogens is 2. The van der Waals surface area contributed by atoms with Gasteiger partial charge < -0.3 is 16.8 Å². The van der Waals surface area contributed by atoms with E-state index in [2.05, 4.69) is 22.4 Å². The van der Waals surface area contributed by atoms with Crippen LogP contribution in [0.25, 0.3) is 5.69 Å². The Labute approximate surface area is 140 Å². The van der Waals surface area contributed by atoms with Crippen molar-refractivity contribution in [2.24, 2.45) is 11.7 Å². The zero-order chi connectivity index (χ0) is 16.7. The Hall–Kier alpha value is -2.18. The molecule has 1 aromatic carbocycles. The minimum absolute atomic E-state index is 0.248. The van der Waals surface area contributed by atoms with E-state index in [9.17, 15) is 4.79 Å². The van der Waals surface area contributed by atoms with Crippen molar-refractivity contribution in [1.29, 1.82) is 0 Å². The van der Waals surface area contributed by atoms with Gasteiger partial charge in [0.2, 0.25) is 0 Å². The van der Waals surface area contributed by atoms with E-state index >= 15 is 0 Å². The number of hydrogen-bond acceptors (Lipinski definition) is 5. The van der Waals surface area contributed by atoms with E-state index in [0.29, 0.717) is 12.1 Å². The molecule has 2 aliphatic carbocycles. The first-order chi connectivity index (χ1) is 11.6. The Morgan fingerprint density at radius 2 is 2.00 bits per heavy atom. The van der Waals surface area contributed by atoms with Crippen LogP contribution in [0, 0.1) is 5.92 Å². The van der Waals surface area contributed by atoms with Crippen LogP contribution in [-0.4, -0.2) is 28.2 Å². The molecular formula is C18H23N5O. The predicted molar refractivity (Wildman–Crippen MR) is 94.1 cm³/mol. The summed E-state index contributed by atoms with van der Waals surface area (Å²) in [4.78, 5) is 15.8. The summed E-state index contributed by atoms with van der Waals surface area (Å²) >= 11 is 0. The normalized spacial score (nSPS) is 25.3. The standard InChI is InChI=1S/C18H23N5O/c19-14-5-11(6-14)10-21-15-7-12-1-2-16(9-13(12)8-15)23-4-3-17(20)22-18(23)24/h1-4,9,11,14-15,21H,5-8,10,19H2,(H2,20,22,24)/t11-,14-,15?. The van der Waals surface area contributed by atoms with Crippen molar-refractivity contribution in [1.82, 2.24) is 14.9 Å². The lowest BCUT2D eigenvalue weighted by Gasteiger charge is -2.33. The van der Waals surface area contributed by atoms with Crippen LogP contribution in [0.15, 0.2) is 35.3 Å². The van der Waals surface area contributed by atoms with Gasteiger partial charge in [-0.25, -0.2) is 4.79 Å². The molecule has 6 heteroatoms. The Balaban J connectivity index is 1.46. The first-order valence-electron chi connectivity index (χ1n) is 8.55. The summed E-state index contributed by atoms with van der Waals surface area (Å²) in [5.74, 6) is 0.982. The largest absolute Gasteiger partial charge is 0.383 e. The third-order valence-corrected chi connectivity index (χ3v) is 5.19. The highest BCUT2D eigenvalue weighted by Crippen LogP contribution is 2.27. The topological polar surface area (TPSA) is 99.0 Å². The summed E-state index contributed by atoms with van der Waals surface area (Å²) in [5.41, 5.74) is 14.6. The monoisotopic (exact) mass is 325 g/mol. The molecule has 1 aromatic heterocycles. The van der Waals surface area contributed by atoms with E-state index in [0.717, 1.165) is 43.8 Å². The summed E-state index contributed by atoms with van der Waals surface area (Å²) < 4.78 is 1.53. The fourth-order valence-corrected chi connectivity index (χ4v) is 3.80. The lowest BCUT2D eigenvalue weighted by Crippen LogP contribution is -2.44. The number of fused-ring (bicyclic) bond motifs is 1. The van der Waals surface area contributed by atoms with Gasteiger partial charge in [-0.1, -0.05) is 6.07 Å². The highest BCUT2D eigenvalue weighted by atomic mass is 16.1. The Morgan fingerprint density at radius 3 is 2.75 bits per heavy atom. The molecule has 2 aromatic rings. The zero-order valence-corrected chi connectivity index (χ0v) is 13.6. The molecule has 0 spiro atoms. The van der Waals surface area contributed by atoms with Gasteiger partial charge >= 0.3 is 5.69 Å². The average molecular weight is 325 g/mol. The molecule has 1 atom stereocenters. The fourth-order valence-electron chi connectivity index (χ4n) is 3.80. The molecule has 5 N–H and O–H groups in total. The van der Waals surface area contributed by atoms with Gasteiger partial charge in [0.25, 0.3) is 0 Å². The molecule has 0 amide bonds. The van der Waals surface area contributed by atoms with Gasteiger partial charge in [-0.3, -0.25) is 4.57 Å². The Bertz CT molecular complexity index is 809. The van der Waals surface area contributed by atoms with Gasteiger partial charge in [0.05, 0.1) is 5.69 Å². The van der Waals surface area contributed by atoms with Crippen LogP contribution in [0.5, 0.6) is 0 Å². The molecule has 24 heavy (non-hydrogen) atoms. The second-order valence-corrected chi connectivity index (χ2v) is 7.07. The van der Waals surface area contributed by atoms with Crippen molar-refractivity contribution in [2.75, 3.05) is 12.3 Å². The van der Waals surface area contributed by atoms with Gasteiger partial charge in [0.1, 0.15) is 5.82 Å². The number of nitrogens with one attached hydrogen (secondary N) is 1. The molecular weight excluding hydrogens is 302 g/mol. The van der Waals surface area contributed by atoms with E-state index < -0.39 is 0 Å². The van der Waals surface area contributed by atoms with Crippen molar-refractivity contribution < 1.29 is 0 Å². The van der Waals surface area contributed by atoms with Crippen LogP contribution in [0.3, 0.4) is 0 Å². The van der Waals surface area contributed by atoms with Crippen molar-refractivity contribution in [3.8, 4) is 5.69 Å². The van der Waals surface area contributed by atoms with Crippen LogP contribution in [-0.2, 0) is 12.8 Å². The molecule has 4 rings (SSSR count). The van der Waals surface area contributed by atoms with Gasteiger partial charge in [-0.2, -0.15) is 4.98 Å². The van der Waals surface area contributed by atoms with Crippen LogP contribution in [0.4, 0.5) is 5.82 Å². The lowest BCUT2D eigenvalue weighted by molar-refractivity contribution is 0.248. The maximum Gasteiger partial charge on any atom is 0.354 e. The van der Waals surface area contributed by atoms with Gasteiger partial charge in [-0.05, 0) is 67.5 Å². The Kier molecular flexibility index (Phi) is 3.86. The fraction of sp³-hybridized carbons (Fsp3) is 0.444. The number of hydrogen-bond donors (Lipinski definition) is 3. The molecule has 0 aliphatic heterocycles. The molecule has 2 aliphatic rings. The number of benzene rings is 1. The van der Waals surface area contributed by atoms with Gasteiger partial charge in [0, 0.05) is 18.3 Å². The van der Waals surface area contributed by atoms with Crippen LogP contribution in [0.2, 0.25) is 0 Å². The van der Waals surface area contributed by atoms with E-state index in [1.165, 1.54) is 15.7 Å². The minimum atomic E-state index is -0.344. The van der Waals surface area contributed by atoms with Crippen molar-refractivity contribution >= 4 is 5.82 Å².